The maximum atomic E-state index is 13.1. The molecule has 6 rings (SSSR count). The summed E-state index contributed by atoms with van der Waals surface area (Å²) in [6, 6.07) is 21.2. The standard InChI is InChI=1S/C23H26N2O2/c26-21(16-27-19-9-5-2-6-10-19)25-15-20(17-7-3-1-4-8-17)23-22(25)18-11-13-24(23)14-12-18/h1-10,18,20,22-23H,11-16H2/t20-,22+,23+/m0/s1. The third kappa shape index (κ3) is 3.02. The van der Waals surface area contributed by atoms with Crippen LogP contribution in [0.2, 0.25) is 0 Å². The molecule has 0 unspecified atom stereocenters. The molecule has 0 N–H and O–H groups in total. The Morgan fingerprint density at radius 3 is 2.30 bits per heavy atom. The van der Waals surface area contributed by atoms with Crippen molar-refractivity contribution in [3.63, 3.8) is 0 Å². The highest BCUT2D eigenvalue weighted by molar-refractivity contribution is 5.79. The number of carbonyl (C=O) groups excluding carboxylic acids is 1. The topological polar surface area (TPSA) is 32.8 Å². The van der Waals surface area contributed by atoms with Crippen LogP contribution in [0.4, 0.5) is 0 Å². The predicted octanol–water partition coefficient (Wildman–Crippen LogP) is 3.15. The molecule has 4 aliphatic heterocycles. The maximum Gasteiger partial charge on any atom is 0.260 e. The van der Waals surface area contributed by atoms with Crippen molar-refractivity contribution in [3.05, 3.63) is 66.2 Å². The van der Waals surface area contributed by atoms with Crippen LogP contribution in [0.1, 0.15) is 24.3 Å². The van der Waals surface area contributed by atoms with Gasteiger partial charge in [0.1, 0.15) is 5.75 Å². The molecule has 27 heavy (non-hydrogen) atoms. The lowest BCUT2D eigenvalue weighted by molar-refractivity contribution is -0.138. The lowest BCUT2D eigenvalue weighted by Crippen LogP contribution is -2.61. The molecule has 0 saturated carbocycles. The smallest absolute Gasteiger partial charge is 0.260 e. The third-order valence-electron chi connectivity index (χ3n) is 6.65. The van der Waals surface area contributed by atoms with E-state index in [1.54, 1.807) is 0 Å². The van der Waals surface area contributed by atoms with Crippen molar-refractivity contribution in [2.75, 3.05) is 26.2 Å². The lowest BCUT2D eigenvalue weighted by atomic mass is 9.75. The van der Waals surface area contributed by atoms with E-state index in [9.17, 15) is 4.79 Å². The minimum atomic E-state index is 0.126. The summed E-state index contributed by atoms with van der Waals surface area (Å²) in [4.78, 5) is 17.9. The number of ether oxygens (including phenoxy) is 1. The highest BCUT2D eigenvalue weighted by Crippen LogP contribution is 2.46. The summed E-state index contributed by atoms with van der Waals surface area (Å²) in [5.74, 6) is 1.92. The van der Waals surface area contributed by atoms with Gasteiger partial charge in [-0.3, -0.25) is 9.69 Å². The van der Waals surface area contributed by atoms with Crippen molar-refractivity contribution in [2.45, 2.75) is 30.8 Å². The second-order valence-corrected chi connectivity index (χ2v) is 8.02. The number of rotatable bonds is 4. The monoisotopic (exact) mass is 362 g/mol. The van der Waals surface area contributed by atoms with Gasteiger partial charge in [0.05, 0.1) is 6.04 Å². The second-order valence-electron chi connectivity index (χ2n) is 8.02. The number of hydrogen-bond donors (Lipinski definition) is 0. The minimum absolute atomic E-state index is 0.126. The van der Waals surface area contributed by atoms with Crippen LogP contribution in [0.5, 0.6) is 5.75 Å². The van der Waals surface area contributed by atoms with Crippen LogP contribution in [0.3, 0.4) is 0 Å². The normalized spacial score (nSPS) is 31.6. The Hall–Kier alpha value is -2.33. The predicted molar refractivity (Wildman–Crippen MR) is 105 cm³/mol. The maximum absolute atomic E-state index is 13.1. The molecule has 4 nitrogen and oxygen atoms in total. The van der Waals surface area contributed by atoms with E-state index in [1.165, 1.54) is 31.5 Å². The molecule has 140 valence electrons. The first kappa shape index (κ1) is 16.8. The molecule has 4 fully saturated rings. The van der Waals surface area contributed by atoms with Gasteiger partial charge in [0, 0.05) is 18.5 Å². The Kier molecular flexibility index (Phi) is 4.36. The quantitative estimate of drug-likeness (QED) is 0.838. The van der Waals surface area contributed by atoms with Gasteiger partial charge in [-0.15, -0.1) is 0 Å². The van der Waals surface area contributed by atoms with Crippen molar-refractivity contribution in [3.8, 4) is 5.75 Å². The van der Waals surface area contributed by atoms with Crippen LogP contribution >= 0.6 is 0 Å². The van der Waals surface area contributed by atoms with Crippen LogP contribution in [-0.2, 0) is 4.79 Å². The molecule has 0 aliphatic carbocycles. The number of fused-ring (bicyclic) bond motifs is 2. The van der Waals surface area contributed by atoms with Gasteiger partial charge in [-0.2, -0.15) is 0 Å². The minimum Gasteiger partial charge on any atom is -0.484 e. The summed E-state index contributed by atoms with van der Waals surface area (Å²) in [7, 11) is 0. The lowest BCUT2D eigenvalue weighted by Gasteiger charge is -2.51. The zero-order valence-electron chi connectivity index (χ0n) is 15.5. The van der Waals surface area contributed by atoms with Gasteiger partial charge in [0.2, 0.25) is 0 Å². The first-order valence-electron chi connectivity index (χ1n) is 10.1. The Morgan fingerprint density at radius 2 is 1.59 bits per heavy atom. The van der Waals surface area contributed by atoms with Crippen molar-refractivity contribution >= 4 is 5.91 Å². The van der Waals surface area contributed by atoms with E-state index < -0.39 is 0 Å². The Balaban J connectivity index is 1.38. The van der Waals surface area contributed by atoms with Crippen molar-refractivity contribution in [1.82, 2.24) is 9.80 Å². The van der Waals surface area contributed by atoms with Gasteiger partial charge in [0.15, 0.2) is 6.61 Å². The fourth-order valence-corrected chi connectivity index (χ4v) is 5.44. The number of hydrogen-bond acceptors (Lipinski definition) is 3. The van der Waals surface area contributed by atoms with Crippen LogP contribution in [0.25, 0.3) is 0 Å². The van der Waals surface area contributed by atoms with Crippen LogP contribution in [0.15, 0.2) is 60.7 Å². The van der Waals surface area contributed by atoms with Crippen LogP contribution < -0.4 is 4.74 Å². The molecule has 0 radical (unpaired) electrons. The molecule has 2 aromatic rings. The highest BCUT2D eigenvalue weighted by atomic mass is 16.5. The molecule has 2 bridgehead atoms. The number of nitrogens with zero attached hydrogens (tertiary/aromatic N) is 2. The van der Waals surface area contributed by atoms with Crippen molar-refractivity contribution in [2.24, 2.45) is 5.92 Å². The van der Waals surface area contributed by atoms with E-state index in [4.69, 9.17) is 4.74 Å². The zero-order valence-corrected chi connectivity index (χ0v) is 15.5. The Bertz CT molecular complexity index is 787. The molecule has 4 heteroatoms. The molecule has 4 aliphatic rings. The summed E-state index contributed by atoms with van der Waals surface area (Å²) in [6.45, 7) is 3.29. The molecular formula is C23H26N2O2. The molecule has 0 spiro atoms. The molecule has 4 saturated heterocycles. The van der Waals surface area contributed by atoms with E-state index in [2.05, 4.69) is 40.1 Å². The number of piperidine rings is 3. The van der Waals surface area contributed by atoms with E-state index in [0.29, 0.717) is 23.9 Å². The fourth-order valence-electron chi connectivity index (χ4n) is 5.44. The molecule has 4 heterocycles. The van der Waals surface area contributed by atoms with Crippen molar-refractivity contribution in [1.29, 1.82) is 0 Å². The van der Waals surface area contributed by atoms with Gasteiger partial charge in [0.25, 0.3) is 5.91 Å². The van der Waals surface area contributed by atoms with Gasteiger partial charge in [-0.05, 0) is 49.5 Å². The van der Waals surface area contributed by atoms with Crippen molar-refractivity contribution < 1.29 is 9.53 Å². The fraction of sp³-hybridized carbons (Fsp3) is 0.435. The van der Waals surface area contributed by atoms with Crippen LogP contribution in [0, 0.1) is 5.92 Å². The van der Waals surface area contributed by atoms with Gasteiger partial charge in [-0.25, -0.2) is 0 Å². The summed E-state index contributed by atoms with van der Waals surface area (Å²) in [5, 5.41) is 0. The number of benzene rings is 2. The number of para-hydroxylation sites is 1. The average molecular weight is 362 g/mol. The Labute approximate surface area is 160 Å². The van der Waals surface area contributed by atoms with Crippen LogP contribution in [-0.4, -0.2) is 54.0 Å². The average Bonchev–Trinajstić information content (AvgIpc) is 3.17. The number of carbonyl (C=O) groups is 1. The molecular weight excluding hydrogens is 336 g/mol. The second kappa shape index (κ2) is 7.01. The Morgan fingerprint density at radius 1 is 0.926 bits per heavy atom. The zero-order chi connectivity index (χ0) is 18.2. The van der Waals surface area contributed by atoms with Gasteiger partial charge in [-0.1, -0.05) is 48.5 Å². The first-order valence-corrected chi connectivity index (χ1v) is 10.1. The molecule has 2 aromatic carbocycles. The molecule has 3 atom stereocenters. The summed E-state index contributed by atoms with van der Waals surface area (Å²) in [5.41, 5.74) is 1.36. The molecule has 0 aromatic heterocycles. The van der Waals surface area contributed by atoms with Gasteiger partial charge < -0.3 is 9.64 Å². The number of amides is 1. The first-order chi connectivity index (χ1) is 13.3. The summed E-state index contributed by atoms with van der Waals surface area (Å²) in [6.07, 6.45) is 2.43. The summed E-state index contributed by atoms with van der Waals surface area (Å²) >= 11 is 0. The number of likely N-dealkylation sites (tertiary alicyclic amines) is 1. The summed E-state index contributed by atoms with van der Waals surface area (Å²) < 4.78 is 5.78. The van der Waals surface area contributed by atoms with E-state index >= 15 is 0 Å². The van der Waals surface area contributed by atoms with E-state index in [-0.39, 0.29) is 12.5 Å². The highest BCUT2D eigenvalue weighted by Gasteiger charge is 2.54. The van der Waals surface area contributed by atoms with E-state index in [0.717, 1.165) is 12.3 Å². The molecule has 1 amide bonds. The third-order valence-corrected chi connectivity index (χ3v) is 6.65. The SMILES string of the molecule is O=C(COc1ccccc1)N1C[C@@H](c2ccccc2)[C@@H]2[C@H]1C1CCN2CC1. The van der Waals surface area contributed by atoms with Gasteiger partial charge >= 0.3 is 0 Å². The van der Waals surface area contributed by atoms with E-state index in [1.807, 2.05) is 30.3 Å². The largest absolute Gasteiger partial charge is 0.484 e.